The highest BCUT2D eigenvalue weighted by molar-refractivity contribution is 7.90. The lowest BCUT2D eigenvalue weighted by Crippen LogP contribution is -2.06. The fourth-order valence-corrected chi connectivity index (χ4v) is 2.65. The van der Waals surface area contributed by atoms with Gasteiger partial charge < -0.3 is 4.57 Å². The zero-order valence-corrected chi connectivity index (χ0v) is 11.3. The van der Waals surface area contributed by atoms with E-state index in [1.54, 1.807) is 12.1 Å². The van der Waals surface area contributed by atoms with Gasteiger partial charge in [-0.3, -0.25) is 10.1 Å². The maximum absolute atomic E-state index is 11.1. The average molecular weight is 282 g/mol. The largest absolute Gasteiger partial charge is 0.347 e. The number of sulfone groups is 1. The number of hydrogen-bond donors (Lipinski definition) is 0. The number of rotatable bonds is 5. The Bertz CT molecular complexity index is 718. The van der Waals surface area contributed by atoms with Gasteiger partial charge in [-0.2, -0.15) is 0 Å². The third-order valence-corrected chi connectivity index (χ3v) is 3.91. The van der Waals surface area contributed by atoms with Crippen molar-refractivity contribution in [3.63, 3.8) is 0 Å². The summed E-state index contributed by atoms with van der Waals surface area (Å²) < 4.78 is 24.0. The van der Waals surface area contributed by atoms with E-state index in [0.717, 1.165) is 10.9 Å². The van der Waals surface area contributed by atoms with Gasteiger partial charge in [0.15, 0.2) is 0 Å². The fourth-order valence-electron chi connectivity index (χ4n) is 1.99. The normalized spacial score (nSPS) is 11.8. The second-order valence-corrected chi connectivity index (χ2v) is 6.75. The third-order valence-electron chi connectivity index (χ3n) is 2.88. The predicted octanol–water partition coefficient (Wildman–Crippen LogP) is 1.98. The Balaban J connectivity index is 2.19. The number of aromatic nitrogens is 1. The van der Waals surface area contributed by atoms with Crippen LogP contribution in [-0.4, -0.2) is 29.9 Å². The van der Waals surface area contributed by atoms with Gasteiger partial charge in [0.05, 0.1) is 10.7 Å². The van der Waals surface area contributed by atoms with Crippen molar-refractivity contribution in [1.82, 2.24) is 4.57 Å². The van der Waals surface area contributed by atoms with E-state index in [1.165, 1.54) is 18.4 Å². The van der Waals surface area contributed by atoms with Crippen molar-refractivity contribution in [3.8, 4) is 0 Å². The Hall–Kier alpha value is -1.89. The molecule has 102 valence electrons. The summed E-state index contributed by atoms with van der Waals surface area (Å²) in [5.74, 6) is 0.139. The SMILES string of the molecule is CS(=O)(=O)CCCn1ccc2cc([N+](=O)[O-])ccc21. The molecule has 0 spiro atoms. The molecule has 7 heteroatoms. The summed E-state index contributed by atoms with van der Waals surface area (Å²) in [6, 6.07) is 6.45. The van der Waals surface area contributed by atoms with Crippen molar-refractivity contribution in [2.45, 2.75) is 13.0 Å². The van der Waals surface area contributed by atoms with E-state index in [0.29, 0.717) is 13.0 Å². The van der Waals surface area contributed by atoms with Gasteiger partial charge in [0.25, 0.3) is 5.69 Å². The number of nitrogens with zero attached hydrogens (tertiary/aromatic N) is 2. The van der Waals surface area contributed by atoms with E-state index in [1.807, 2.05) is 10.8 Å². The zero-order valence-electron chi connectivity index (χ0n) is 10.4. The van der Waals surface area contributed by atoms with Gasteiger partial charge in [-0.1, -0.05) is 0 Å². The summed E-state index contributed by atoms with van der Waals surface area (Å²) in [5, 5.41) is 11.5. The smallest absolute Gasteiger partial charge is 0.270 e. The molecule has 1 aromatic heterocycles. The summed E-state index contributed by atoms with van der Waals surface area (Å²) in [6.45, 7) is 0.578. The Labute approximate surface area is 110 Å². The van der Waals surface area contributed by atoms with Gasteiger partial charge in [-0.25, -0.2) is 8.42 Å². The maximum atomic E-state index is 11.1. The van der Waals surface area contributed by atoms with Crippen LogP contribution in [0.5, 0.6) is 0 Å². The number of hydrogen-bond acceptors (Lipinski definition) is 4. The van der Waals surface area contributed by atoms with E-state index in [4.69, 9.17) is 0 Å². The van der Waals surface area contributed by atoms with Crippen LogP contribution in [0.4, 0.5) is 5.69 Å². The Morgan fingerprint density at radius 1 is 1.32 bits per heavy atom. The number of aryl methyl sites for hydroxylation is 1. The molecule has 0 fully saturated rings. The van der Waals surface area contributed by atoms with Gasteiger partial charge >= 0.3 is 0 Å². The second-order valence-electron chi connectivity index (χ2n) is 4.49. The molecule has 6 nitrogen and oxygen atoms in total. The highest BCUT2D eigenvalue weighted by atomic mass is 32.2. The molecule has 0 N–H and O–H groups in total. The molecule has 0 aliphatic rings. The summed E-state index contributed by atoms with van der Waals surface area (Å²) in [4.78, 5) is 10.2. The number of non-ortho nitro benzene ring substituents is 1. The van der Waals surface area contributed by atoms with Crippen molar-refractivity contribution in [3.05, 3.63) is 40.6 Å². The molecule has 0 amide bonds. The lowest BCUT2D eigenvalue weighted by molar-refractivity contribution is -0.384. The summed E-state index contributed by atoms with van der Waals surface area (Å²) in [5.41, 5.74) is 0.931. The van der Waals surface area contributed by atoms with Crippen molar-refractivity contribution in [2.75, 3.05) is 12.0 Å². The molecule has 0 saturated carbocycles. The lowest BCUT2D eigenvalue weighted by atomic mass is 10.2. The monoisotopic (exact) mass is 282 g/mol. The van der Waals surface area contributed by atoms with E-state index < -0.39 is 14.8 Å². The van der Waals surface area contributed by atoms with Crippen LogP contribution in [0.25, 0.3) is 10.9 Å². The minimum Gasteiger partial charge on any atom is -0.347 e. The van der Waals surface area contributed by atoms with E-state index >= 15 is 0 Å². The van der Waals surface area contributed by atoms with Crippen LogP contribution in [0.2, 0.25) is 0 Å². The minimum absolute atomic E-state index is 0.0568. The van der Waals surface area contributed by atoms with Crippen LogP contribution >= 0.6 is 0 Å². The van der Waals surface area contributed by atoms with Crippen LogP contribution in [0.3, 0.4) is 0 Å². The zero-order chi connectivity index (χ0) is 14.0. The van der Waals surface area contributed by atoms with E-state index in [2.05, 4.69) is 0 Å². The summed E-state index contributed by atoms with van der Waals surface area (Å²) in [6.07, 6.45) is 3.56. The maximum Gasteiger partial charge on any atom is 0.270 e. The second kappa shape index (κ2) is 5.00. The molecule has 1 aromatic carbocycles. The standard InChI is InChI=1S/C12H14N2O4S/c1-19(17,18)8-2-6-13-7-5-10-9-11(14(15)16)3-4-12(10)13/h3-5,7,9H,2,6,8H2,1H3. The average Bonchev–Trinajstić information content (AvgIpc) is 2.70. The van der Waals surface area contributed by atoms with E-state index in [-0.39, 0.29) is 11.4 Å². The number of fused-ring (bicyclic) bond motifs is 1. The van der Waals surface area contributed by atoms with Gasteiger partial charge in [0, 0.05) is 42.0 Å². The van der Waals surface area contributed by atoms with Crippen LogP contribution < -0.4 is 0 Å². The summed E-state index contributed by atoms with van der Waals surface area (Å²) in [7, 11) is -2.95. The predicted molar refractivity (Wildman–Crippen MR) is 72.9 cm³/mol. The first-order chi connectivity index (χ1) is 8.87. The molecule has 0 aliphatic carbocycles. The van der Waals surface area contributed by atoms with E-state index in [9.17, 15) is 18.5 Å². The number of nitro groups is 1. The van der Waals surface area contributed by atoms with Gasteiger partial charge in [0.2, 0.25) is 0 Å². The molecule has 2 rings (SSSR count). The third kappa shape index (κ3) is 3.31. The fraction of sp³-hybridized carbons (Fsp3) is 0.333. The molecule has 0 unspecified atom stereocenters. The molecule has 0 aliphatic heterocycles. The van der Waals surface area contributed by atoms with Gasteiger partial charge in [-0.05, 0) is 18.6 Å². The highest BCUT2D eigenvalue weighted by Crippen LogP contribution is 2.22. The van der Waals surface area contributed by atoms with Crippen molar-refractivity contribution in [1.29, 1.82) is 0 Å². The Kier molecular flexibility index (Phi) is 3.57. The molecule has 0 radical (unpaired) electrons. The molecular weight excluding hydrogens is 268 g/mol. The molecular formula is C12H14N2O4S. The van der Waals surface area contributed by atoms with Crippen LogP contribution in [0.15, 0.2) is 30.5 Å². The van der Waals surface area contributed by atoms with Crippen LogP contribution in [0.1, 0.15) is 6.42 Å². The molecule has 19 heavy (non-hydrogen) atoms. The van der Waals surface area contributed by atoms with Gasteiger partial charge in [0.1, 0.15) is 9.84 Å². The summed E-state index contributed by atoms with van der Waals surface area (Å²) >= 11 is 0. The van der Waals surface area contributed by atoms with Crippen LogP contribution in [0, 0.1) is 10.1 Å². The lowest BCUT2D eigenvalue weighted by Gasteiger charge is -2.04. The van der Waals surface area contributed by atoms with Crippen molar-refractivity contribution < 1.29 is 13.3 Å². The van der Waals surface area contributed by atoms with Crippen molar-refractivity contribution in [2.24, 2.45) is 0 Å². The first-order valence-corrected chi connectivity index (χ1v) is 7.84. The topological polar surface area (TPSA) is 82.2 Å². The number of benzene rings is 1. The molecule has 0 saturated heterocycles. The number of nitro benzene ring substituents is 1. The molecule has 1 heterocycles. The first-order valence-electron chi connectivity index (χ1n) is 5.78. The quantitative estimate of drug-likeness (QED) is 0.620. The molecule has 2 aromatic rings. The van der Waals surface area contributed by atoms with Crippen molar-refractivity contribution >= 4 is 26.4 Å². The minimum atomic E-state index is -2.95. The highest BCUT2D eigenvalue weighted by Gasteiger charge is 2.09. The molecule has 0 bridgehead atoms. The van der Waals surface area contributed by atoms with Gasteiger partial charge in [-0.15, -0.1) is 0 Å². The molecule has 0 atom stereocenters. The first kappa shape index (κ1) is 13.5. The van der Waals surface area contributed by atoms with Crippen LogP contribution in [-0.2, 0) is 16.4 Å². The Morgan fingerprint density at radius 2 is 2.05 bits per heavy atom. The Morgan fingerprint density at radius 3 is 2.68 bits per heavy atom.